The van der Waals surface area contributed by atoms with Crippen molar-refractivity contribution in [1.29, 1.82) is 0 Å². The Hall–Kier alpha value is -1.66. The van der Waals surface area contributed by atoms with Crippen molar-refractivity contribution >= 4 is 18.8 Å². The Morgan fingerprint density at radius 1 is 1.30 bits per heavy atom. The highest BCUT2D eigenvalue weighted by molar-refractivity contribution is 7.54. The van der Waals surface area contributed by atoms with Crippen LogP contribution in [0.1, 0.15) is 46.8 Å². The Morgan fingerprint density at radius 2 is 1.97 bits per heavy atom. The summed E-state index contributed by atoms with van der Waals surface area (Å²) in [5.74, 6) is 0. The molecule has 1 saturated heterocycles. The van der Waals surface area contributed by atoms with Crippen molar-refractivity contribution in [2.75, 3.05) is 0 Å². The standard InChI is InChI=1S/C17H27N4O8P/c1-5-17(4,29-30(26,27)16(2,3)25)6-9-11(22)12(23)15(28-9)21-8-20-10-13(21)18-7-19-14(10)24/h7-9,11-12,15,22-23,25H,5-6H2,1-4H3,(H,26,27)(H,18,19,24)/t9-,11-,12-,15-,17?/m1/s1. The number of rotatable bonds is 7. The van der Waals surface area contributed by atoms with E-state index < -0.39 is 48.6 Å². The number of aromatic amines is 1. The Morgan fingerprint density at radius 3 is 2.57 bits per heavy atom. The zero-order valence-electron chi connectivity index (χ0n) is 17.1. The molecule has 2 aromatic heterocycles. The van der Waals surface area contributed by atoms with Gasteiger partial charge in [-0.05, 0) is 27.2 Å². The van der Waals surface area contributed by atoms with Crippen LogP contribution in [0.5, 0.6) is 0 Å². The van der Waals surface area contributed by atoms with Gasteiger partial charge < -0.3 is 34.5 Å². The first-order chi connectivity index (χ1) is 13.8. The third-order valence-corrected chi connectivity index (χ3v) is 7.46. The summed E-state index contributed by atoms with van der Waals surface area (Å²) >= 11 is 0. The minimum atomic E-state index is -4.42. The predicted molar refractivity (Wildman–Crippen MR) is 105 cm³/mol. The van der Waals surface area contributed by atoms with E-state index in [1.54, 1.807) is 13.8 Å². The van der Waals surface area contributed by atoms with Gasteiger partial charge in [-0.25, -0.2) is 9.97 Å². The van der Waals surface area contributed by atoms with E-state index in [0.717, 1.165) is 0 Å². The second-order valence-corrected chi connectivity index (χ2v) is 10.5. The summed E-state index contributed by atoms with van der Waals surface area (Å²) in [6, 6.07) is 0. The highest BCUT2D eigenvalue weighted by Crippen LogP contribution is 2.57. The maximum absolute atomic E-state index is 12.4. The van der Waals surface area contributed by atoms with Crippen molar-refractivity contribution in [3.05, 3.63) is 23.0 Å². The molecule has 1 fully saturated rings. The number of aliphatic hydroxyl groups excluding tert-OH is 2. The highest BCUT2D eigenvalue weighted by Gasteiger charge is 2.50. The van der Waals surface area contributed by atoms with E-state index in [1.807, 2.05) is 0 Å². The number of hydrogen-bond acceptors (Lipinski definition) is 9. The fourth-order valence-electron chi connectivity index (χ4n) is 3.26. The Balaban J connectivity index is 1.85. The number of imidazole rings is 1. The third-order valence-electron chi connectivity index (χ3n) is 5.39. The average Bonchev–Trinajstić information content (AvgIpc) is 3.18. The van der Waals surface area contributed by atoms with Crippen molar-refractivity contribution in [3.63, 3.8) is 0 Å². The summed E-state index contributed by atoms with van der Waals surface area (Å²) in [6.07, 6.45) is -2.06. The topological polar surface area (TPSA) is 180 Å². The Labute approximate surface area is 172 Å². The average molecular weight is 446 g/mol. The Bertz CT molecular complexity index is 1020. The largest absolute Gasteiger partial charge is 0.388 e. The lowest BCUT2D eigenvalue weighted by atomic mass is 9.93. The molecule has 30 heavy (non-hydrogen) atoms. The molecule has 1 aliphatic rings. The van der Waals surface area contributed by atoms with Crippen molar-refractivity contribution in [1.82, 2.24) is 19.5 Å². The molecule has 0 spiro atoms. The SMILES string of the molecule is CCC(C)(C[C@H]1O[C@@H](n2cnc3c(=O)[nH]cnc32)[C@H](O)[C@@H]1O)OP(=O)(O)C(C)(C)O. The summed E-state index contributed by atoms with van der Waals surface area (Å²) in [6.45, 7) is 5.62. The number of aliphatic hydroxyl groups is 3. The molecule has 6 atom stereocenters. The van der Waals surface area contributed by atoms with Crippen LogP contribution in [-0.2, 0) is 13.8 Å². The number of aromatic nitrogens is 4. The molecule has 5 N–H and O–H groups in total. The predicted octanol–water partition coefficient (Wildman–Crippen LogP) is 0.228. The van der Waals surface area contributed by atoms with Crippen LogP contribution in [0.3, 0.4) is 0 Å². The molecule has 0 amide bonds. The molecule has 3 heterocycles. The van der Waals surface area contributed by atoms with E-state index in [-0.39, 0.29) is 24.0 Å². The summed E-state index contributed by atoms with van der Waals surface area (Å²) in [4.78, 5) is 32.4. The van der Waals surface area contributed by atoms with E-state index in [1.165, 1.54) is 31.1 Å². The molecule has 2 unspecified atom stereocenters. The molecule has 0 aromatic carbocycles. The molecule has 168 valence electrons. The summed E-state index contributed by atoms with van der Waals surface area (Å²) < 4.78 is 25.0. The normalized spacial score (nSPS) is 29.1. The maximum atomic E-state index is 12.4. The number of fused-ring (bicyclic) bond motifs is 1. The minimum absolute atomic E-state index is 0.0422. The quantitative estimate of drug-likeness (QED) is 0.369. The van der Waals surface area contributed by atoms with Crippen LogP contribution in [0.25, 0.3) is 11.2 Å². The van der Waals surface area contributed by atoms with Crippen molar-refractivity contribution < 1.29 is 34.0 Å². The highest BCUT2D eigenvalue weighted by atomic mass is 31.2. The fourth-order valence-corrected chi connectivity index (χ4v) is 4.28. The van der Waals surface area contributed by atoms with Crippen molar-refractivity contribution in [2.45, 2.75) is 76.0 Å². The molecule has 0 aliphatic carbocycles. The van der Waals surface area contributed by atoms with Crippen LogP contribution in [-0.4, -0.2) is 69.0 Å². The first-order valence-electron chi connectivity index (χ1n) is 9.47. The number of H-pyrrole nitrogens is 1. The lowest BCUT2D eigenvalue weighted by Gasteiger charge is -2.36. The second-order valence-electron chi connectivity index (χ2n) is 8.22. The van der Waals surface area contributed by atoms with Gasteiger partial charge in [0, 0.05) is 6.42 Å². The van der Waals surface area contributed by atoms with Gasteiger partial charge in [-0.3, -0.25) is 13.9 Å². The molecule has 3 rings (SSSR count). The number of nitrogens with zero attached hydrogens (tertiary/aromatic N) is 3. The van der Waals surface area contributed by atoms with Gasteiger partial charge in [0.05, 0.1) is 24.4 Å². The zero-order valence-corrected chi connectivity index (χ0v) is 18.0. The molecule has 0 saturated carbocycles. The van der Waals surface area contributed by atoms with Gasteiger partial charge in [-0.15, -0.1) is 0 Å². The van der Waals surface area contributed by atoms with E-state index in [0.29, 0.717) is 0 Å². The van der Waals surface area contributed by atoms with Crippen LogP contribution >= 0.6 is 7.60 Å². The van der Waals surface area contributed by atoms with Crippen molar-refractivity contribution in [2.24, 2.45) is 0 Å². The molecule has 0 radical (unpaired) electrons. The summed E-state index contributed by atoms with van der Waals surface area (Å²) in [5.41, 5.74) is -1.47. The number of hydrogen-bond donors (Lipinski definition) is 5. The zero-order chi connectivity index (χ0) is 22.5. The lowest BCUT2D eigenvalue weighted by Crippen LogP contribution is -2.39. The summed E-state index contributed by atoms with van der Waals surface area (Å²) in [7, 11) is -4.42. The van der Waals surface area contributed by atoms with Gasteiger partial charge in [-0.1, -0.05) is 6.92 Å². The molecule has 13 heteroatoms. The van der Waals surface area contributed by atoms with E-state index in [9.17, 15) is 29.6 Å². The molecule has 1 aliphatic heterocycles. The van der Waals surface area contributed by atoms with E-state index in [4.69, 9.17) is 9.26 Å². The third kappa shape index (κ3) is 4.09. The fraction of sp³-hybridized carbons (Fsp3) is 0.706. The van der Waals surface area contributed by atoms with Crippen LogP contribution in [0.15, 0.2) is 17.4 Å². The summed E-state index contributed by atoms with van der Waals surface area (Å²) in [5, 5.41) is 29.0. The smallest absolute Gasteiger partial charge is 0.359 e. The van der Waals surface area contributed by atoms with E-state index >= 15 is 0 Å². The van der Waals surface area contributed by atoms with E-state index in [2.05, 4.69) is 15.0 Å². The van der Waals surface area contributed by atoms with Crippen LogP contribution in [0, 0.1) is 0 Å². The van der Waals surface area contributed by atoms with Crippen LogP contribution in [0.2, 0.25) is 0 Å². The van der Waals surface area contributed by atoms with Gasteiger partial charge in [0.25, 0.3) is 5.56 Å². The number of ether oxygens (including phenoxy) is 1. The van der Waals surface area contributed by atoms with Gasteiger partial charge in [0.15, 0.2) is 22.7 Å². The second kappa shape index (κ2) is 7.79. The van der Waals surface area contributed by atoms with Gasteiger partial charge in [-0.2, -0.15) is 0 Å². The molecule has 12 nitrogen and oxygen atoms in total. The molecule has 2 aromatic rings. The molecular formula is C17H27N4O8P. The van der Waals surface area contributed by atoms with Crippen LogP contribution in [0.4, 0.5) is 0 Å². The van der Waals surface area contributed by atoms with Crippen molar-refractivity contribution in [3.8, 4) is 0 Å². The number of nitrogens with one attached hydrogen (secondary N) is 1. The minimum Gasteiger partial charge on any atom is -0.388 e. The molecule has 0 bridgehead atoms. The maximum Gasteiger partial charge on any atom is 0.359 e. The van der Waals surface area contributed by atoms with Gasteiger partial charge in [0.2, 0.25) is 0 Å². The molecular weight excluding hydrogens is 419 g/mol. The van der Waals surface area contributed by atoms with Gasteiger partial charge >= 0.3 is 7.60 Å². The first-order valence-corrected chi connectivity index (χ1v) is 11.1. The van der Waals surface area contributed by atoms with Crippen LogP contribution < -0.4 is 5.56 Å². The lowest BCUT2D eigenvalue weighted by molar-refractivity contribution is -0.0684. The first kappa shape index (κ1) is 23.0. The Kier molecular flexibility index (Phi) is 5.98. The van der Waals surface area contributed by atoms with Gasteiger partial charge in [0.1, 0.15) is 12.2 Å². The monoisotopic (exact) mass is 446 g/mol.